The van der Waals surface area contributed by atoms with Crippen LogP contribution in [0.3, 0.4) is 0 Å². The van der Waals surface area contributed by atoms with E-state index < -0.39 is 0 Å². The Morgan fingerprint density at radius 3 is 2.73 bits per heavy atom. The lowest BCUT2D eigenvalue weighted by atomic mass is 10.0. The van der Waals surface area contributed by atoms with Crippen molar-refractivity contribution in [1.29, 1.82) is 0 Å². The van der Waals surface area contributed by atoms with Gasteiger partial charge < -0.3 is 5.73 Å². The van der Waals surface area contributed by atoms with Gasteiger partial charge in [-0.3, -0.25) is 4.90 Å². The zero-order valence-corrected chi connectivity index (χ0v) is 9.91. The van der Waals surface area contributed by atoms with Gasteiger partial charge in [-0.05, 0) is 37.6 Å². The largest absolute Gasteiger partial charge is 0.330 e. The molecule has 86 valence electrons. The Balaban J connectivity index is 2.29. The predicted molar refractivity (Wildman–Crippen MR) is 65.4 cm³/mol. The van der Waals surface area contributed by atoms with Crippen LogP contribution in [-0.2, 0) is 0 Å². The van der Waals surface area contributed by atoms with Crippen LogP contribution >= 0.6 is 0 Å². The zero-order valence-electron chi connectivity index (χ0n) is 9.91. The summed E-state index contributed by atoms with van der Waals surface area (Å²) in [6, 6.07) is 0. The van der Waals surface area contributed by atoms with Crippen LogP contribution in [0.4, 0.5) is 0 Å². The van der Waals surface area contributed by atoms with E-state index in [4.69, 9.17) is 12.2 Å². The van der Waals surface area contributed by atoms with Crippen LogP contribution in [-0.4, -0.2) is 31.1 Å². The summed E-state index contributed by atoms with van der Waals surface area (Å²) in [5, 5.41) is 0. The molecule has 0 aliphatic heterocycles. The van der Waals surface area contributed by atoms with Gasteiger partial charge in [0.2, 0.25) is 0 Å². The number of nitrogens with two attached hydrogens (primary N) is 1. The maximum Gasteiger partial charge on any atom is 0.0599 e. The van der Waals surface area contributed by atoms with Crippen LogP contribution in [0, 0.1) is 24.2 Å². The zero-order chi connectivity index (χ0) is 11.1. The van der Waals surface area contributed by atoms with Crippen molar-refractivity contribution in [2.24, 2.45) is 17.6 Å². The average molecular weight is 208 g/mol. The van der Waals surface area contributed by atoms with Crippen LogP contribution in [0.5, 0.6) is 0 Å². The van der Waals surface area contributed by atoms with E-state index in [9.17, 15) is 0 Å². The minimum atomic E-state index is 0.627. The van der Waals surface area contributed by atoms with Crippen molar-refractivity contribution in [1.82, 2.24) is 4.90 Å². The quantitative estimate of drug-likeness (QED) is 0.615. The molecule has 1 saturated carbocycles. The third-order valence-electron chi connectivity index (χ3n) is 3.07. The average Bonchev–Trinajstić information content (AvgIpc) is 3.01. The third-order valence-corrected chi connectivity index (χ3v) is 3.07. The van der Waals surface area contributed by atoms with Gasteiger partial charge in [-0.15, -0.1) is 6.42 Å². The van der Waals surface area contributed by atoms with E-state index in [1.165, 1.54) is 32.2 Å². The molecule has 0 amide bonds. The Kier molecular flexibility index (Phi) is 5.75. The Morgan fingerprint density at radius 1 is 1.53 bits per heavy atom. The number of nitrogens with zero attached hydrogens (tertiary/aromatic N) is 1. The molecule has 0 heterocycles. The van der Waals surface area contributed by atoms with Crippen molar-refractivity contribution in [3.63, 3.8) is 0 Å². The van der Waals surface area contributed by atoms with Gasteiger partial charge in [0.05, 0.1) is 6.54 Å². The second kappa shape index (κ2) is 6.87. The molecule has 0 aromatic carbocycles. The number of terminal acetylenes is 1. The Hall–Kier alpha value is -0.520. The second-order valence-corrected chi connectivity index (χ2v) is 4.73. The first-order valence-corrected chi connectivity index (χ1v) is 6.16. The monoisotopic (exact) mass is 208 g/mol. The molecule has 2 heteroatoms. The van der Waals surface area contributed by atoms with Crippen molar-refractivity contribution in [3.8, 4) is 12.3 Å². The molecule has 1 unspecified atom stereocenters. The van der Waals surface area contributed by atoms with Crippen LogP contribution in [0.25, 0.3) is 0 Å². The lowest BCUT2D eigenvalue weighted by molar-refractivity contribution is 0.241. The van der Waals surface area contributed by atoms with E-state index in [1.807, 2.05) is 0 Å². The van der Waals surface area contributed by atoms with Gasteiger partial charge in [-0.25, -0.2) is 0 Å². The van der Waals surface area contributed by atoms with Crippen molar-refractivity contribution < 1.29 is 0 Å². The molecule has 0 radical (unpaired) electrons. The van der Waals surface area contributed by atoms with Gasteiger partial charge >= 0.3 is 0 Å². The summed E-state index contributed by atoms with van der Waals surface area (Å²) >= 11 is 0. The maximum atomic E-state index is 5.77. The normalized spacial score (nSPS) is 17.7. The van der Waals surface area contributed by atoms with Crippen molar-refractivity contribution in [2.75, 3.05) is 26.2 Å². The summed E-state index contributed by atoms with van der Waals surface area (Å²) in [5.41, 5.74) is 5.77. The van der Waals surface area contributed by atoms with E-state index >= 15 is 0 Å². The highest BCUT2D eigenvalue weighted by molar-refractivity contribution is 4.90. The van der Waals surface area contributed by atoms with E-state index in [1.54, 1.807) is 0 Å². The van der Waals surface area contributed by atoms with Crippen LogP contribution in [0.15, 0.2) is 0 Å². The Bertz CT molecular complexity index is 203. The number of rotatable bonds is 8. The molecule has 15 heavy (non-hydrogen) atoms. The molecule has 1 rings (SSSR count). The fraction of sp³-hybridized carbons (Fsp3) is 0.846. The molecule has 0 bridgehead atoms. The van der Waals surface area contributed by atoms with Gasteiger partial charge in [0.1, 0.15) is 0 Å². The van der Waals surface area contributed by atoms with E-state index in [-0.39, 0.29) is 0 Å². The molecule has 2 nitrogen and oxygen atoms in total. The fourth-order valence-corrected chi connectivity index (χ4v) is 2.06. The number of hydrogen-bond donors (Lipinski definition) is 1. The highest BCUT2D eigenvalue weighted by Gasteiger charge is 2.24. The molecule has 1 atom stereocenters. The minimum absolute atomic E-state index is 0.627. The number of hydrogen-bond acceptors (Lipinski definition) is 2. The molecule has 1 aliphatic rings. The summed E-state index contributed by atoms with van der Waals surface area (Å²) in [6.07, 6.45) is 10.6. The van der Waals surface area contributed by atoms with Gasteiger partial charge in [-0.1, -0.05) is 19.3 Å². The maximum absolute atomic E-state index is 5.77. The first kappa shape index (κ1) is 12.5. The smallest absolute Gasteiger partial charge is 0.0599 e. The molecule has 0 aromatic heterocycles. The fourth-order valence-electron chi connectivity index (χ4n) is 2.06. The van der Waals surface area contributed by atoms with Crippen molar-refractivity contribution >= 4 is 0 Å². The third kappa shape index (κ3) is 5.20. The first-order chi connectivity index (χ1) is 7.30. The van der Waals surface area contributed by atoms with Gasteiger partial charge in [-0.2, -0.15) is 0 Å². The van der Waals surface area contributed by atoms with Gasteiger partial charge in [0.15, 0.2) is 0 Å². The summed E-state index contributed by atoms with van der Waals surface area (Å²) in [7, 11) is 0. The topological polar surface area (TPSA) is 29.3 Å². The minimum Gasteiger partial charge on any atom is -0.330 e. The van der Waals surface area contributed by atoms with Gasteiger partial charge in [0, 0.05) is 13.1 Å². The predicted octanol–water partition coefficient (Wildman–Crippen LogP) is 1.71. The molecule has 1 fully saturated rings. The molecule has 0 saturated heterocycles. The van der Waals surface area contributed by atoms with Crippen molar-refractivity contribution in [2.45, 2.75) is 32.6 Å². The SMILES string of the molecule is C#CCN(CC(CN)CCC)CC1CC1. The molecule has 1 aliphatic carbocycles. The summed E-state index contributed by atoms with van der Waals surface area (Å²) < 4.78 is 0. The van der Waals surface area contributed by atoms with E-state index in [0.717, 1.165) is 25.6 Å². The van der Waals surface area contributed by atoms with Crippen LogP contribution in [0.1, 0.15) is 32.6 Å². The lowest BCUT2D eigenvalue weighted by Crippen LogP contribution is -2.34. The van der Waals surface area contributed by atoms with Gasteiger partial charge in [0.25, 0.3) is 0 Å². The molecule has 2 N–H and O–H groups in total. The van der Waals surface area contributed by atoms with E-state index in [2.05, 4.69) is 17.7 Å². The summed E-state index contributed by atoms with van der Waals surface area (Å²) in [4.78, 5) is 2.41. The van der Waals surface area contributed by atoms with Crippen molar-refractivity contribution in [3.05, 3.63) is 0 Å². The second-order valence-electron chi connectivity index (χ2n) is 4.73. The Morgan fingerprint density at radius 2 is 2.27 bits per heavy atom. The highest BCUT2D eigenvalue weighted by atomic mass is 15.1. The molecule has 0 aromatic rings. The lowest BCUT2D eigenvalue weighted by Gasteiger charge is -2.24. The molecule has 0 spiro atoms. The highest BCUT2D eigenvalue weighted by Crippen LogP contribution is 2.29. The summed E-state index contributed by atoms with van der Waals surface area (Å²) in [6.45, 7) is 6.07. The van der Waals surface area contributed by atoms with Crippen LogP contribution in [0.2, 0.25) is 0 Å². The molecular weight excluding hydrogens is 184 g/mol. The standard InChI is InChI=1S/C13H24N2/c1-3-5-13(9-14)11-15(8-4-2)10-12-6-7-12/h2,12-13H,3,5-11,14H2,1H3. The Labute approximate surface area is 94.2 Å². The first-order valence-electron chi connectivity index (χ1n) is 6.16. The van der Waals surface area contributed by atoms with E-state index in [0.29, 0.717) is 5.92 Å². The molecular formula is C13H24N2. The van der Waals surface area contributed by atoms with Crippen LogP contribution < -0.4 is 5.73 Å². The summed E-state index contributed by atoms with van der Waals surface area (Å²) in [5.74, 6) is 4.30.